The van der Waals surface area contributed by atoms with Gasteiger partial charge in [-0.25, -0.2) is 0 Å². The van der Waals surface area contributed by atoms with Crippen LogP contribution in [0, 0.1) is 0 Å². The van der Waals surface area contributed by atoms with Crippen molar-refractivity contribution in [3.8, 4) is 0 Å². The van der Waals surface area contributed by atoms with Gasteiger partial charge in [-0.05, 0) is 30.9 Å². The molecule has 13 heavy (non-hydrogen) atoms. The van der Waals surface area contributed by atoms with Gasteiger partial charge in [0.25, 0.3) is 0 Å². The topological polar surface area (TPSA) is 12.9 Å². The number of aromatic nitrogens is 1. The summed E-state index contributed by atoms with van der Waals surface area (Å²) >= 11 is 0. The van der Waals surface area contributed by atoms with Crippen molar-refractivity contribution in [3.63, 3.8) is 0 Å². The van der Waals surface area contributed by atoms with Gasteiger partial charge in [0, 0.05) is 11.9 Å². The van der Waals surface area contributed by atoms with Crippen LogP contribution in [0.4, 0.5) is 0 Å². The molecule has 0 aliphatic carbocycles. The normalized spacial score (nSPS) is 10.3. The van der Waals surface area contributed by atoms with E-state index in [4.69, 9.17) is 0 Å². The Hall–Kier alpha value is -0.850. The summed E-state index contributed by atoms with van der Waals surface area (Å²) in [6, 6.07) is 4.38. The molecule has 1 aromatic rings. The molecule has 1 rings (SSSR count). The molecular weight excluding hydrogens is 158 g/mol. The van der Waals surface area contributed by atoms with Crippen molar-refractivity contribution in [2.45, 2.75) is 46.0 Å². The van der Waals surface area contributed by atoms with Crippen molar-refractivity contribution in [1.29, 1.82) is 0 Å². The molecule has 0 bridgehead atoms. The summed E-state index contributed by atoms with van der Waals surface area (Å²) in [6.07, 6.45) is 8.01. The first-order valence-corrected chi connectivity index (χ1v) is 5.30. The Morgan fingerprint density at radius 3 is 2.46 bits per heavy atom. The van der Waals surface area contributed by atoms with E-state index in [1.807, 2.05) is 6.20 Å². The van der Waals surface area contributed by atoms with Crippen LogP contribution in [0.2, 0.25) is 0 Å². The number of aryl methyl sites for hydroxylation is 2. The lowest BCUT2D eigenvalue weighted by Gasteiger charge is -2.01. The summed E-state index contributed by atoms with van der Waals surface area (Å²) in [4.78, 5) is 4.43. The first-order valence-electron chi connectivity index (χ1n) is 5.30. The van der Waals surface area contributed by atoms with Crippen molar-refractivity contribution in [2.24, 2.45) is 0 Å². The fraction of sp³-hybridized carbons (Fsp3) is 0.583. The van der Waals surface area contributed by atoms with Crippen LogP contribution < -0.4 is 0 Å². The zero-order valence-electron chi connectivity index (χ0n) is 8.71. The Kier molecular flexibility index (Phi) is 4.52. The van der Waals surface area contributed by atoms with Gasteiger partial charge in [-0.1, -0.05) is 32.8 Å². The van der Waals surface area contributed by atoms with Gasteiger partial charge in [0.1, 0.15) is 0 Å². The second kappa shape index (κ2) is 5.74. The standard InChI is InChI=1S/C12H19N/c1-3-5-7-12-9-8-11(6-4-2)10-13-12/h8-10H,3-7H2,1-2H3. The molecule has 1 nitrogen and oxygen atoms in total. The molecule has 0 saturated heterocycles. The Bertz CT molecular complexity index is 225. The van der Waals surface area contributed by atoms with E-state index >= 15 is 0 Å². The third-order valence-electron chi connectivity index (χ3n) is 2.21. The van der Waals surface area contributed by atoms with Gasteiger partial charge in [-0.15, -0.1) is 0 Å². The van der Waals surface area contributed by atoms with Gasteiger partial charge in [0.2, 0.25) is 0 Å². The van der Waals surface area contributed by atoms with Crippen LogP contribution in [0.5, 0.6) is 0 Å². The predicted octanol–water partition coefficient (Wildman–Crippen LogP) is 3.38. The number of hydrogen-bond acceptors (Lipinski definition) is 1. The highest BCUT2D eigenvalue weighted by Crippen LogP contribution is 2.05. The van der Waals surface area contributed by atoms with E-state index in [0.29, 0.717) is 0 Å². The molecule has 0 aliphatic heterocycles. The maximum absolute atomic E-state index is 4.43. The molecule has 0 radical (unpaired) electrons. The summed E-state index contributed by atoms with van der Waals surface area (Å²) in [5.74, 6) is 0. The minimum Gasteiger partial charge on any atom is -0.261 e. The van der Waals surface area contributed by atoms with Gasteiger partial charge < -0.3 is 0 Å². The molecule has 0 saturated carbocycles. The lowest BCUT2D eigenvalue weighted by Crippen LogP contribution is -1.91. The molecule has 1 heteroatoms. The van der Waals surface area contributed by atoms with Crippen molar-refractivity contribution in [1.82, 2.24) is 4.98 Å². The average molecular weight is 177 g/mol. The quantitative estimate of drug-likeness (QED) is 0.672. The minimum atomic E-state index is 1.13. The van der Waals surface area contributed by atoms with Crippen LogP contribution in [0.25, 0.3) is 0 Å². The highest BCUT2D eigenvalue weighted by molar-refractivity contribution is 5.14. The predicted molar refractivity (Wildman–Crippen MR) is 56.8 cm³/mol. The number of hydrogen-bond donors (Lipinski definition) is 0. The number of rotatable bonds is 5. The van der Waals surface area contributed by atoms with E-state index in [1.165, 1.54) is 30.5 Å². The maximum atomic E-state index is 4.43. The molecule has 0 atom stereocenters. The smallest absolute Gasteiger partial charge is 0.0403 e. The monoisotopic (exact) mass is 177 g/mol. The average Bonchev–Trinajstić information content (AvgIpc) is 2.17. The van der Waals surface area contributed by atoms with Crippen LogP contribution in [-0.4, -0.2) is 4.98 Å². The van der Waals surface area contributed by atoms with Crippen LogP contribution >= 0.6 is 0 Å². The van der Waals surface area contributed by atoms with Gasteiger partial charge in [0.15, 0.2) is 0 Å². The maximum Gasteiger partial charge on any atom is 0.0403 e. The molecule has 0 aliphatic rings. The van der Waals surface area contributed by atoms with E-state index in [1.54, 1.807) is 0 Å². The molecular formula is C12H19N. The number of nitrogens with zero attached hydrogens (tertiary/aromatic N) is 1. The molecule has 1 heterocycles. The molecule has 0 unspecified atom stereocenters. The Labute approximate surface area is 81.2 Å². The van der Waals surface area contributed by atoms with Gasteiger partial charge >= 0.3 is 0 Å². The van der Waals surface area contributed by atoms with Crippen molar-refractivity contribution < 1.29 is 0 Å². The lowest BCUT2D eigenvalue weighted by molar-refractivity contribution is 0.774. The van der Waals surface area contributed by atoms with Crippen LogP contribution in [0.15, 0.2) is 18.3 Å². The Balaban J connectivity index is 2.48. The first-order chi connectivity index (χ1) is 6.36. The van der Waals surface area contributed by atoms with E-state index in [9.17, 15) is 0 Å². The Morgan fingerprint density at radius 2 is 1.92 bits per heavy atom. The molecule has 0 aromatic carbocycles. The third kappa shape index (κ3) is 3.58. The second-order valence-electron chi connectivity index (χ2n) is 3.51. The fourth-order valence-corrected chi connectivity index (χ4v) is 1.40. The number of pyridine rings is 1. The fourth-order valence-electron chi connectivity index (χ4n) is 1.40. The summed E-state index contributed by atoms with van der Waals surface area (Å²) in [6.45, 7) is 4.41. The largest absolute Gasteiger partial charge is 0.261 e. The van der Waals surface area contributed by atoms with E-state index in [0.717, 1.165) is 12.8 Å². The zero-order chi connectivity index (χ0) is 9.52. The van der Waals surface area contributed by atoms with Crippen LogP contribution in [0.3, 0.4) is 0 Å². The highest BCUT2D eigenvalue weighted by Gasteiger charge is 1.94. The van der Waals surface area contributed by atoms with Crippen molar-refractivity contribution >= 4 is 0 Å². The molecule has 1 aromatic heterocycles. The van der Waals surface area contributed by atoms with Gasteiger partial charge in [-0.3, -0.25) is 4.98 Å². The van der Waals surface area contributed by atoms with Crippen molar-refractivity contribution in [2.75, 3.05) is 0 Å². The summed E-state index contributed by atoms with van der Waals surface area (Å²) < 4.78 is 0. The highest BCUT2D eigenvalue weighted by atomic mass is 14.7. The summed E-state index contributed by atoms with van der Waals surface area (Å²) in [5.41, 5.74) is 2.60. The SMILES string of the molecule is CCCCc1ccc(CCC)cn1. The van der Waals surface area contributed by atoms with E-state index < -0.39 is 0 Å². The zero-order valence-corrected chi connectivity index (χ0v) is 8.71. The van der Waals surface area contributed by atoms with Crippen LogP contribution in [0.1, 0.15) is 44.4 Å². The summed E-state index contributed by atoms with van der Waals surface area (Å²) in [7, 11) is 0. The van der Waals surface area contributed by atoms with Gasteiger partial charge in [-0.2, -0.15) is 0 Å². The van der Waals surface area contributed by atoms with E-state index in [2.05, 4.69) is 31.0 Å². The molecule has 0 amide bonds. The molecule has 0 spiro atoms. The van der Waals surface area contributed by atoms with Gasteiger partial charge in [0.05, 0.1) is 0 Å². The molecule has 0 fully saturated rings. The van der Waals surface area contributed by atoms with Crippen LogP contribution in [-0.2, 0) is 12.8 Å². The van der Waals surface area contributed by atoms with E-state index in [-0.39, 0.29) is 0 Å². The molecule has 72 valence electrons. The first kappa shape index (κ1) is 10.2. The Morgan fingerprint density at radius 1 is 1.08 bits per heavy atom. The second-order valence-corrected chi connectivity index (χ2v) is 3.51. The minimum absolute atomic E-state index is 1.13. The third-order valence-corrected chi connectivity index (χ3v) is 2.21. The summed E-state index contributed by atoms with van der Waals surface area (Å²) in [5, 5.41) is 0. The number of unbranched alkanes of at least 4 members (excludes halogenated alkanes) is 1. The van der Waals surface area contributed by atoms with Crippen molar-refractivity contribution in [3.05, 3.63) is 29.6 Å². The molecule has 0 N–H and O–H groups in total. The lowest BCUT2D eigenvalue weighted by atomic mass is 10.1.